The van der Waals surface area contributed by atoms with E-state index in [4.69, 9.17) is 16.4 Å². The maximum absolute atomic E-state index is 14.3. The first kappa shape index (κ1) is 22.4. The number of hydrogen-bond acceptors (Lipinski definition) is 5. The van der Waals surface area contributed by atoms with E-state index in [0.717, 1.165) is 11.3 Å². The van der Waals surface area contributed by atoms with Crippen molar-refractivity contribution in [2.45, 2.75) is 26.7 Å². The molecule has 9 heteroatoms. The molecule has 2 N–H and O–H groups in total. The highest BCUT2D eigenvalue weighted by Crippen LogP contribution is 2.22. The van der Waals surface area contributed by atoms with E-state index in [0.29, 0.717) is 12.1 Å². The zero-order valence-corrected chi connectivity index (χ0v) is 17.9. The molecular weight excluding hydrogens is 423 g/mol. The molecule has 1 aliphatic heterocycles. The summed E-state index contributed by atoms with van der Waals surface area (Å²) in [5.74, 6) is -1.10. The highest BCUT2D eigenvalue weighted by atomic mass is 35.5. The smallest absolute Gasteiger partial charge is 0.240 e. The fraction of sp³-hybridized carbons (Fsp3) is 0.273. The number of halogens is 2. The molecule has 0 radical (unpaired) electrons. The number of rotatable bonds is 7. The van der Waals surface area contributed by atoms with Gasteiger partial charge in [-0.3, -0.25) is 9.59 Å². The average Bonchev–Trinajstić information content (AvgIpc) is 2.72. The number of anilines is 1. The summed E-state index contributed by atoms with van der Waals surface area (Å²) < 4.78 is 14.3. The number of carbonyl (C=O) groups is 2. The lowest BCUT2D eigenvalue weighted by atomic mass is 9.94. The van der Waals surface area contributed by atoms with Crippen molar-refractivity contribution < 1.29 is 18.8 Å². The molecular formula is C22H22ClFN4O3. The van der Waals surface area contributed by atoms with Crippen LogP contribution in [0.5, 0.6) is 0 Å². The van der Waals surface area contributed by atoms with E-state index < -0.39 is 11.7 Å². The van der Waals surface area contributed by atoms with Crippen LogP contribution in [-0.2, 0) is 14.4 Å². The summed E-state index contributed by atoms with van der Waals surface area (Å²) in [7, 11) is 0. The Morgan fingerprint density at radius 1 is 1.32 bits per heavy atom. The van der Waals surface area contributed by atoms with Gasteiger partial charge in [0.2, 0.25) is 11.8 Å². The van der Waals surface area contributed by atoms with Gasteiger partial charge in [-0.2, -0.15) is 5.10 Å². The highest BCUT2D eigenvalue weighted by molar-refractivity contribution is 6.35. The Bertz CT molecular complexity index is 1020. The molecule has 0 saturated heterocycles. The molecule has 2 aromatic rings. The predicted octanol–water partition coefficient (Wildman–Crippen LogP) is 4.11. The van der Waals surface area contributed by atoms with Gasteiger partial charge in [-0.15, -0.1) is 0 Å². The number of nitrogens with one attached hydrogen (secondary N) is 2. The van der Waals surface area contributed by atoms with Gasteiger partial charge in [-0.1, -0.05) is 41.9 Å². The molecule has 3 rings (SSSR count). The Balaban J connectivity index is 1.72. The molecule has 1 atom stereocenters. The fourth-order valence-corrected chi connectivity index (χ4v) is 3.44. The lowest BCUT2D eigenvalue weighted by Crippen LogP contribution is -2.31. The van der Waals surface area contributed by atoms with Crippen LogP contribution in [0, 0.1) is 11.7 Å². The summed E-state index contributed by atoms with van der Waals surface area (Å²) >= 11 is 6.11. The van der Waals surface area contributed by atoms with Crippen molar-refractivity contribution in [3.05, 3.63) is 64.4 Å². The Morgan fingerprint density at radius 2 is 2.06 bits per heavy atom. The molecule has 1 unspecified atom stereocenters. The van der Waals surface area contributed by atoms with Crippen LogP contribution in [-0.4, -0.2) is 29.8 Å². The fourth-order valence-electron chi connectivity index (χ4n) is 3.17. The van der Waals surface area contributed by atoms with Gasteiger partial charge in [0.05, 0.1) is 22.7 Å². The summed E-state index contributed by atoms with van der Waals surface area (Å²) in [4.78, 5) is 29.0. The van der Waals surface area contributed by atoms with Crippen LogP contribution < -0.4 is 10.7 Å². The van der Waals surface area contributed by atoms with Crippen LogP contribution >= 0.6 is 11.6 Å². The third kappa shape index (κ3) is 5.67. The van der Waals surface area contributed by atoms with Crippen molar-refractivity contribution in [1.82, 2.24) is 5.43 Å². The molecule has 0 spiro atoms. The van der Waals surface area contributed by atoms with Crippen molar-refractivity contribution in [3.63, 3.8) is 0 Å². The van der Waals surface area contributed by atoms with E-state index in [9.17, 15) is 14.0 Å². The second-order valence-electron chi connectivity index (χ2n) is 6.99. The van der Waals surface area contributed by atoms with Crippen molar-refractivity contribution in [2.24, 2.45) is 16.2 Å². The van der Waals surface area contributed by atoms with E-state index in [1.807, 2.05) is 19.1 Å². The molecule has 0 bridgehead atoms. The van der Waals surface area contributed by atoms with E-state index in [-0.39, 0.29) is 41.2 Å². The van der Waals surface area contributed by atoms with Crippen LogP contribution in [0.3, 0.4) is 0 Å². The molecule has 0 aromatic heterocycles. The standard InChI is InChI=1S/C22H22ClFN4O3/c1-3-31-28-18(21-16(23)5-4-6-17(21)24)12-19(29)25-15-9-7-14(8-10-15)22-13(2)11-20(30)26-27-22/h4-10,13H,3,11-12H2,1-2H3,(H,25,29)(H,26,30)/b28-18+. The predicted molar refractivity (Wildman–Crippen MR) is 118 cm³/mol. The number of benzene rings is 2. The van der Waals surface area contributed by atoms with Gasteiger partial charge >= 0.3 is 0 Å². The first-order chi connectivity index (χ1) is 14.9. The summed E-state index contributed by atoms with van der Waals surface area (Å²) in [6.07, 6.45) is 0.149. The lowest BCUT2D eigenvalue weighted by Gasteiger charge is -2.19. The summed E-state index contributed by atoms with van der Waals surface area (Å²) in [6, 6.07) is 11.3. The SMILES string of the molecule is CCO/N=C(\CC(=O)Nc1ccc(C2=NNC(=O)CC2C)cc1)c1c(F)cccc1Cl. The maximum atomic E-state index is 14.3. The summed E-state index contributed by atoms with van der Waals surface area (Å²) in [5.41, 5.74) is 4.80. The topological polar surface area (TPSA) is 92.2 Å². The van der Waals surface area contributed by atoms with Gasteiger partial charge in [0.15, 0.2) is 0 Å². The van der Waals surface area contributed by atoms with Gasteiger partial charge in [0.1, 0.15) is 18.1 Å². The number of oxime groups is 1. The summed E-state index contributed by atoms with van der Waals surface area (Å²) in [5, 5.41) is 10.9. The minimum atomic E-state index is -0.586. The van der Waals surface area contributed by atoms with Crippen molar-refractivity contribution in [1.29, 1.82) is 0 Å². The van der Waals surface area contributed by atoms with Crippen molar-refractivity contribution >= 4 is 40.5 Å². The van der Waals surface area contributed by atoms with Gasteiger partial charge in [0, 0.05) is 18.0 Å². The highest BCUT2D eigenvalue weighted by Gasteiger charge is 2.22. The molecule has 31 heavy (non-hydrogen) atoms. The number of hydrogen-bond donors (Lipinski definition) is 2. The molecule has 1 aliphatic rings. The van der Waals surface area contributed by atoms with E-state index in [2.05, 4.69) is 21.0 Å². The Morgan fingerprint density at radius 3 is 2.71 bits per heavy atom. The Hall–Kier alpha value is -3.26. The van der Waals surface area contributed by atoms with Crippen LogP contribution in [0.15, 0.2) is 52.7 Å². The Kier molecular flexibility index (Phi) is 7.36. The molecule has 2 aromatic carbocycles. The number of nitrogens with zero attached hydrogens (tertiary/aromatic N) is 2. The zero-order chi connectivity index (χ0) is 22.4. The van der Waals surface area contributed by atoms with E-state index >= 15 is 0 Å². The van der Waals surface area contributed by atoms with E-state index in [1.165, 1.54) is 18.2 Å². The molecule has 7 nitrogen and oxygen atoms in total. The lowest BCUT2D eigenvalue weighted by molar-refractivity contribution is -0.122. The van der Waals surface area contributed by atoms with Crippen molar-refractivity contribution in [3.8, 4) is 0 Å². The van der Waals surface area contributed by atoms with Crippen LogP contribution in [0.4, 0.5) is 10.1 Å². The zero-order valence-electron chi connectivity index (χ0n) is 17.1. The van der Waals surface area contributed by atoms with Gasteiger partial charge in [0.25, 0.3) is 0 Å². The van der Waals surface area contributed by atoms with Crippen molar-refractivity contribution in [2.75, 3.05) is 11.9 Å². The maximum Gasteiger partial charge on any atom is 0.240 e. The second kappa shape index (κ2) is 10.2. The van der Waals surface area contributed by atoms with Gasteiger partial charge in [-0.05, 0) is 36.8 Å². The van der Waals surface area contributed by atoms with Crippen LogP contribution in [0.25, 0.3) is 0 Å². The summed E-state index contributed by atoms with van der Waals surface area (Å²) in [6.45, 7) is 3.93. The monoisotopic (exact) mass is 444 g/mol. The van der Waals surface area contributed by atoms with E-state index in [1.54, 1.807) is 19.1 Å². The minimum absolute atomic E-state index is 0.00274. The molecule has 0 fully saturated rings. The third-order valence-electron chi connectivity index (χ3n) is 4.61. The normalized spacial score (nSPS) is 16.4. The van der Waals surface area contributed by atoms with Gasteiger partial charge < -0.3 is 10.2 Å². The quantitative estimate of drug-likeness (QED) is 0.497. The second-order valence-corrected chi connectivity index (χ2v) is 7.40. The number of amides is 2. The molecule has 2 amide bonds. The number of hydrazone groups is 1. The molecule has 1 heterocycles. The molecule has 0 saturated carbocycles. The first-order valence-electron chi connectivity index (χ1n) is 9.79. The van der Waals surface area contributed by atoms with Crippen LogP contribution in [0.1, 0.15) is 37.8 Å². The minimum Gasteiger partial charge on any atom is -0.396 e. The molecule has 0 aliphatic carbocycles. The first-order valence-corrected chi connectivity index (χ1v) is 10.2. The molecule has 162 valence electrons. The number of carbonyl (C=O) groups excluding carboxylic acids is 2. The largest absolute Gasteiger partial charge is 0.396 e. The average molecular weight is 445 g/mol. The third-order valence-corrected chi connectivity index (χ3v) is 4.92. The van der Waals surface area contributed by atoms with Gasteiger partial charge in [-0.25, -0.2) is 9.82 Å². The Labute approximate surface area is 184 Å². The van der Waals surface area contributed by atoms with Crippen LogP contribution in [0.2, 0.25) is 5.02 Å².